The number of hydrogen-bond donors (Lipinski definition) is 1. The van der Waals surface area contributed by atoms with Crippen molar-refractivity contribution in [1.29, 1.82) is 0 Å². The average Bonchev–Trinajstić information content (AvgIpc) is 2.55. The third-order valence-electron chi connectivity index (χ3n) is 4.30. The zero-order chi connectivity index (χ0) is 16.6. The van der Waals surface area contributed by atoms with E-state index < -0.39 is 16.1 Å². The molecular formula is C15H21N3O4S. The third kappa shape index (κ3) is 3.06. The lowest BCUT2D eigenvalue weighted by Gasteiger charge is -2.33. The van der Waals surface area contributed by atoms with Crippen LogP contribution in [0.15, 0.2) is 23.1 Å². The van der Waals surface area contributed by atoms with Crippen molar-refractivity contribution in [3.63, 3.8) is 0 Å². The SMILES string of the molecule is CCN1CCN(S(=O)(=O)c2ccc3c(c2)OC(C)C(=O)N3)CC1. The van der Waals surface area contributed by atoms with Gasteiger partial charge in [-0.25, -0.2) is 8.42 Å². The van der Waals surface area contributed by atoms with E-state index in [-0.39, 0.29) is 10.8 Å². The molecule has 1 amide bonds. The molecule has 1 fully saturated rings. The number of carbonyl (C=O) groups is 1. The van der Waals surface area contributed by atoms with E-state index in [0.29, 0.717) is 24.5 Å². The van der Waals surface area contributed by atoms with Crippen molar-refractivity contribution in [2.24, 2.45) is 0 Å². The van der Waals surface area contributed by atoms with E-state index >= 15 is 0 Å². The van der Waals surface area contributed by atoms with E-state index in [2.05, 4.69) is 17.1 Å². The monoisotopic (exact) mass is 339 g/mol. The van der Waals surface area contributed by atoms with Gasteiger partial charge in [0.2, 0.25) is 10.0 Å². The summed E-state index contributed by atoms with van der Waals surface area (Å²) in [7, 11) is -3.54. The maximum Gasteiger partial charge on any atom is 0.265 e. The number of amides is 1. The van der Waals surface area contributed by atoms with Gasteiger partial charge in [-0.05, 0) is 25.6 Å². The first-order valence-electron chi connectivity index (χ1n) is 7.76. The Kier molecular flexibility index (Phi) is 4.31. The Morgan fingerprint density at radius 3 is 2.61 bits per heavy atom. The number of rotatable bonds is 3. The van der Waals surface area contributed by atoms with E-state index in [4.69, 9.17) is 4.74 Å². The minimum Gasteiger partial charge on any atom is -0.479 e. The summed E-state index contributed by atoms with van der Waals surface area (Å²) < 4.78 is 32.6. The molecule has 1 unspecified atom stereocenters. The number of likely N-dealkylation sites (N-methyl/N-ethyl adjacent to an activating group) is 1. The third-order valence-corrected chi connectivity index (χ3v) is 6.19. The van der Waals surface area contributed by atoms with E-state index in [1.165, 1.54) is 16.4 Å². The Hall–Kier alpha value is -1.64. The molecule has 2 heterocycles. The van der Waals surface area contributed by atoms with Gasteiger partial charge in [-0.3, -0.25) is 4.79 Å². The van der Waals surface area contributed by atoms with Crippen LogP contribution in [0.5, 0.6) is 5.75 Å². The van der Waals surface area contributed by atoms with Gasteiger partial charge in [-0.15, -0.1) is 0 Å². The van der Waals surface area contributed by atoms with E-state index in [1.54, 1.807) is 13.0 Å². The van der Waals surface area contributed by atoms with Crippen molar-refractivity contribution in [1.82, 2.24) is 9.21 Å². The van der Waals surface area contributed by atoms with Gasteiger partial charge in [0.25, 0.3) is 5.91 Å². The van der Waals surface area contributed by atoms with Gasteiger partial charge < -0.3 is 15.0 Å². The number of ether oxygens (including phenoxy) is 1. The molecule has 3 rings (SSSR count). The Morgan fingerprint density at radius 1 is 1.26 bits per heavy atom. The number of nitrogens with zero attached hydrogens (tertiary/aromatic N) is 2. The summed E-state index contributed by atoms with van der Waals surface area (Å²) in [6.45, 7) is 7.08. The van der Waals surface area contributed by atoms with Crippen molar-refractivity contribution in [2.75, 3.05) is 38.0 Å². The summed E-state index contributed by atoms with van der Waals surface area (Å²) in [6, 6.07) is 4.58. The molecule has 0 spiro atoms. The largest absolute Gasteiger partial charge is 0.479 e. The molecular weight excluding hydrogens is 318 g/mol. The highest BCUT2D eigenvalue weighted by Crippen LogP contribution is 2.33. The molecule has 1 aromatic rings. The highest BCUT2D eigenvalue weighted by atomic mass is 32.2. The van der Waals surface area contributed by atoms with Crippen molar-refractivity contribution >= 4 is 21.6 Å². The quantitative estimate of drug-likeness (QED) is 0.878. The standard InChI is InChI=1S/C15H21N3O4S/c1-3-17-6-8-18(9-7-17)23(20,21)12-4-5-13-14(10-12)22-11(2)15(19)16-13/h4-5,10-11H,3,6-9H2,1-2H3,(H,16,19). The minimum absolute atomic E-state index is 0.199. The summed E-state index contributed by atoms with van der Waals surface area (Å²) in [4.78, 5) is 14.0. The number of carbonyl (C=O) groups excluding carboxylic acids is 1. The van der Waals surface area contributed by atoms with E-state index in [0.717, 1.165) is 19.6 Å². The first-order valence-corrected chi connectivity index (χ1v) is 9.20. The summed E-state index contributed by atoms with van der Waals surface area (Å²) in [6.07, 6.45) is -0.631. The van der Waals surface area contributed by atoms with Gasteiger partial charge in [0.05, 0.1) is 10.6 Å². The Labute approximate surface area is 136 Å². The van der Waals surface area contributed by atoms with Crippen molar-refractivity contribution in [3.8, 4) is 5.75 Å². The van der Waals surface area contributed by atoms with Crippen LogP contribution >= 0.6 is 0 Å². The molecule has 1 saturated heterocycles. The van der Waals surface area contributed by atoms with Crippen LogP contribution in [0.2, 0.25) is 0 Å². The highest BCUT2D eigenvalue weighted by Gasteiger charge is 2.30. The first kappa shape index (κ1) is 16.2. The summed E-state index contributed by atoms with van der Waals surface area (Å²) >= 11 is 0. The number of piperazine rings is 1. The number of nitrogens with one attached hydrogen (secondary N) is 1. The van der Waals surface area contributed by atoms with Crippen molar-refractivity contribution < 1.29 is 17.9 Å². The van der Waals surface area contributed by atoms with Gasteiger partial charge >= 0.3 is 0 Å². The van der Waals surface area contributed by atoms with Crippen LogP contribution in [0.25, 0.3) is 0 Å². The van der Waals surface area contributed by atoms with Crippen LogP contribution in [0.3, 0.4) is 0 Å². The molecule has 0 radical (unpaired) electrons. The zero-order valence-corrected chi connectivity index (χ0v) is 14.1. The number of hydrogen-bond acceptors (Lipinski definition) is 5. The molecule has 0 aromatic heterocycles. The van der Waals surface area contributed by atoms with Crippen LogP contribution in [-0.2, 0) is 14.8 Å². The second-order valence-electron chi connectivity index (χ2n) is 5.75. The number of anilines is 1. The van der Waals surface area contributed by atoms with E-state index in [1.807, 2.05) is 0 Å². The second-order valence-corrected chi connectivity index (χ2v) is 7.68. The van der Waals surface area contributed by atoms with Gasteiger partial charge in [0, 0.05) is 32.2 Å². The predicted molar refractivity (Wildman–Crippen MR) is 86.0 cm³/mol. The zero-order valence-electron chi connectivity index (χ0n) is 13.3. The molecule has 7 nitrogen and oxygen atoms in total. The maximum atomic E-state index is 12.8. The van der Waals surface area contributed by atoms with Crippen LogP contribution < -0.4 is 10.1 Å². The minimum atomic E-state index is -3.54. The predicted octanol–water partition coefficient (Wildman–Crippen LogP) is 0.732. The summed E-state index contributed by atoms with van der Waals surface area (Å²) in [5, 5.41) is 2.70. The van der Waals surface area contributed by atoms with Crippen LogP contribution in [0.4, 0.5) is 5.69 Å². The lowest BCUT2D eigenvalue weighted by Crippen LogP contribution is -2.48. The van der Waals surface area contributed by atoms with Crippen molar-refractivity contribution in [2.45, 2.75) is 24.8 Å². The normalized spacial score (nSPS) is 23.0. The van der Waals surface area contributed by atoms with Gasteiger partial charge in [-0.1, -0.05) is 6.92 Å². The summed E-state index contributed by atoms with van der Waals surface area (Å²) in [5.74, 6) is 0.161. The molecule has 0 saturated carbocycles. The summed E-state index contributed by atoms with van der Waals surface area (Å²) in [5.41, 5.74) is 0.503. The number of fused-ring (bicyclic) bond motifs is 1. The number of benzene rings is 1. The fourth-order valence-corrected chi connectivity index (χ4v) is 4.22. The number of sulfonamides is 1. The average molecular weight is 339 g/mol. The smallest absolute Gasteiger partial charge is 0.265 e. The Morgan fingerprint density at radius 2 is 1.96 bits per heavy atom. The lowest BCUT2D eigenvalue weighted by molar-refractivity contribution is -0.122. The molecule has 0 aliphatic carbocycles. The molecule has 23 heavy (non-hydrogen) atoms. The second kappa shape index (κ2) is 6.10. The highest BCUT2D eigenvalue weighted by molar-refractivity contribution is 7.89. The molecule has 2 aliphatic rings. The molecule has 1 atom stereocenters. The molecule has 0 bridgehead atoms. The van der Waals surface area contributed by atoms with Gasteiger partial charge in [-0.2, -0.15) is 4.31 Å². The Bertz CT molecular complexity index is 711. The fraction of sp³-hybridized carbons (Fsp3) is 0.533. The van der Waals surface area contributed by atoms with Crippen LogP contribution in [-0.4, -0.2) is 62.4 Å². The van der Waals surface area contributed by atoms with Crippen LogP contribution in [0, 0.1) is 0 Å². The van der Waals surface area contributed by atoms with Crippen LogP contribution in [0.1, 0.15) is 13.8 Å². The molecule has 1 aromatic carbocycles. The lowest BCUT2D eigenvalue weighted by atomic mass is 10.2. The first-order chi connectivity index (χ1) is 10.9. The fourth-order valence-electron chi connectivity index (χ4n) is 2.78. The topological polar surface area (TPSA) is 79.0 Å². The molecule has 8 heteroatoms. The van der Waals surface area contributed by atoms with Gasteiger partial charge in [0.1, 0.15) is 5.75 Å². The maximum absolute atomic E-state index is 12.8. The van der Waals surface area contributed by atoms with E-state index in [9.17, 15) is 13.2 Å². The Balaban J connectivity index is 1.84. The molecule has 1 N–H and O–H groups in total. The molecule has 126 valence electrons. The van der Waals surface area contributed by atoms with Crippen molar-refractivity contribution in [3.05, 3.63) is 18.2 Å². The van der Waals surface area contributed by atoms with Gasteiger partial charge in [0.15, 0.2) is 6.10 Å². The molecule has 2 aliphatic heterocycles.